The lowest BCUT2D eigenvalue weighted by Crippen LogP contribution is -2.41. The first kappa shape index (κ1) is 18.9. The summed E-state index contributed by atoms with van der Waals surface area (Å²) in [4.78, 5) is 61.7. The van der Waals surface area contributed by atoms with E-state index in [1.54, 1.807) is 24.3 Å². The van der Waals surface area contributed by atoms with E-state index in [4.69, 9.17) is 4.74 Å². The fourth-order valence-corrected chi connectivity index (χ4v) is 1.95. The largest absolute Gasteiger partial charge is 0.445 e. The summed E-state index contributed by atoms with van der Waals surface area (Å²) in [6.45, 7) is -0.919. The van der Waals surface area contributed by atoms with Gasteiger partial charge in [0.05, 0.1) is 0 Å². The molecule has 0 spiro atoms. The molecule has 0 saturated carbocycles. The van der Waals surface area contributed by atoms with Gasteiger partial charge in [0.1, 0.15) is 19.7 Å². The smallest absolute Gasteiger partial charge is 0.407 e. The topological polar surface area (TPSA) is 131 Å². The molecule has 10 nitrogen and oxygen atoms in total. The molecule has 26 heavy (non-hydrogen) atoms. The second-order valence-electron chi connectivity index (χ2n) is 5.24. The second-order valence-corrected chi connectivity index (χ2v) is 5.24. The summed E-state index contributed by atoms with van der Waals surface area (Å²) in [5.74, 6) is -2.87. The zero-order chi connectivity index (χ0) is 18.9. The Morgan fingerprint density at radius 3 is 2.27 bits per heavy atom. The zero-order valence-corrected chi connectivity index (χ0v) is 13.7. The average molecular weight is 363 g/mol. The van der Waals surface area contributed by atoms with Crippen molar-refractivity contribution in [2.45, 2.75) is 19.4 Å². The van der Waals surface area contributed by atoms with Crippen molar-refractivity contribution in [3.05, 3.63) is 35.9 Å². The molecule has 2 N–H and O–H groups in total. The summed E-state index contributed by atoms with van der Waals surface area (Å²) in [5, 5.41) is 4.78. The van der Waals surface area contributed by atoms with Crippen LogP contribution in [0.3, 0.4) is 0 Å². The SMILES string of the molecule is O=C(CNC(=O)OCc1ccccc1)NCC(=O)ON1C(=O)CCC1=O. The van der Waals surface area contributed by atoms with Crippen LogP contribution in [0.15, 0.2) is 30.3 Å². The Kier molecular flexibility index (Phi) is 6.66. The van der Waals surface area contributed by atoms with Crippen molar-refractivity contribution in [2.24, 2.45) is 0 Å². The van der Waals surface area contributed by atoms with E-state index in [0.29, 0.717) is 5.06 Å². The van der Waals surface area contributed by atoms with E-state index < -0.39 is 42.9 Å². The van der Waals surface area contributed by atoms with Gasteiger partial charge in [-0.05, 0) is 5.56 Å². The van der Waals surface area contributed by atoms with Gasteiger partial charge in [0.2, 0.25) is 5.91 Å². The predicted octanol–water partition coefficient (Wildman–Crippen LogP) is -0.364. The van der Waals surface area contributed by atoms with Crippen molar-refractivity contribution in [2.75, 3.05) is 13.1 Å². The maximum atomic E-state index is 11.6. The van der Waals surface area contributed by atoms with Crippen molar-refractivity contribution >= 4 is 29.8 Å². The third-order valence-corrected chi connectivity index (χ3v) is 3.23. The van der Waals surface area contributed by atoms with Crippen LogP contribution in [0.5, 0.6) is 0 Å². The molecule has 0 bridgehead atoms. The lowest BCUT2D eigenvalue weighted by Gasteiger charge is -2.13. The van der Waals surface area contributed by atoms with Crippen LogP contribution >= 0.6 is 0 Å². The van der Waals surface area contributed by atoms with Crippen molar-refractivity contribution < 1.29 is 33.5 Å². The number of ether oxygens (including phenoxy) is 1. The van der Waals surface area contributed by atoms with Crippen LogP contribution in [0.2, 0.25) is 0 Å². The van der Waals surface area contributed by atoms with Gasteiger partial charge in [0, 0.05) is 12.8 Å². The van der Waals surface area contributed by atoms with Gasteiger partial charge < -0.3 is 20.2 Å². The number of hydrogen-bond donors (Lipinski definition) is 2. The molecule has 0 radical (unpaired) electrons. The summed E-state index contributed by atoms with van der Waals surface area (Å²) in [6, 6.07) is 8.98. The highest BCUT2D eigenvalue weighted by Gasteiger charge is 2.32. The predicted molar refractivity (Wildman–Crippen MR) is 84.8 cm³/mol. The van der Waals surface area contributed by atoms with Gasteiger partial charge >= 0.3 is 12.1 Å². The molecule has 0 aromatic heterocycles. The van der Waals surface area contributed by atoms with Gasteiger partial charge in [-0.2, -0.15) is 0 Å². The van der Waals surface area contributed by atoms with Crippen molar-refractivity contribution in [1.82, 2.24) is 15.7 Å². The van der Waals surface area contributed by atoms with Gasteiger partial charge in [-0.3, -0.25) is 14.4 Å². The Morgan fingerprint density at radius 2 is 1.62 bits per heavy atom. The normalized spacial score (nSPS) is 13.3. The van der Waals surface area contributed by atoms with Crippen LogP contribution in [0.4, 0.5) is 4.79 Å². The highest BCUT2D eigenvalue weighted by atomic mass is 16.7. The summed E-state index contributed by atoms with van der Waals surface area (Å²) >= 11 is 0. The van der Waals surface area contributed by atoms with Crippen LogP contribution in [-0.4, -0.2) is 47.9 Å². The van der Waals surface area contributed by atoms with Gasteiger partial charge in [0.25, 0.3) is 11.8 Å². The van der Waals surface area contributed by atoms with E-state index in [2.05, 4.69) is 15.5 Å². The number of hydrogen-bond acceptors (Lipinski definition) is 7. The third kappa shape index (κ3) is 5.89. The van der Waals surface area contributed by atoms with Crippen LogP contribution in [0.1, 0.15) is 18.4 Å². The third-order valence-electron chi connectivity index (χ3n) is 3.23. The minimum absolute atomic E-state index is 0.0204. The molecule has 1 fully saturated rings. The average Bonchev–Trinajstić information content (AvgIpc) is 2.95. The number of carbonyl (C=O) groups is 5. The second kappa shape index (κ2) is 9.16. The van der Waals surface area contributed by atoms with E-state index in [-0.39, 0.29) is 19.4 Å². The molecule has 4 amide bonds. The van der Waals surface area contributed by atoms with Crippen molar-refractivity contribution in [3.63, 3.8) is 0 Å². The molecule has 0 unspecified atom stereocenters. The van der Waals surface area contributed by atoms with Crippen LogP contribution in [0.25, 0.3) is 0 Å². The van der Waals surface area contributed by atoms with Crippen molar-refractivity contribution in [1.29, 1.82) is 0 Å². The number of nitrogens with zero attached hydrogens (tertiary/aromatic N) is 1. The Labute approximate surface area is 148 Å². The number of benzene rings is 1. The summed E-state index contributed by atoms with van der Waals surface area (Å²) < 4.78 is 4.91. The van der Waals surface area contributed by atoms with Crippen molar-refractivity contribution in [3.8, 4) is 0 Å². The Balaban J connectivity index is 1.61. The Morgan fingerprint density at radius 1 is 0.962 bits per heavy atom. The molecule has 1 aromatic carbocycles. The fraction of sp³-hybridized carbons (Fsp3) is 0.312. The molecule has 0 aliphatic carbocycles. The number of carbonyl (C=O) groups excluding carboxylic acids is 5. The van der Waals surface area contributed by atoms with Crippen LogP contribution < -0.4 is 10.6 Å². The first-order valence-electron chi connectivity index (χ1n) is 7.73. The fourth-order valence-electron chi connectivity index (χ4n) is 1.95. The lowest BCUT2D eigenvalue weighted by molar-refractivity contribution is -0.196. The molecule has 10 heteroatoms. The number of hydroxylamine groups is 2. The number of rotatable bonds is 7. The van der Waals surface area contributed by atoms with Crippen LogP contribution in [-0.2, 0) is 35.4 Å². The molecular formula is C16H17N3O7. The van der Waals surface area contributed by atoms with Gasteiger partial charge in [-0.15, -0.1) is 5.06 Å². The van der Waals surface area contributed by atoms with Gasteiger partial charge in [-0.1, -0.05) is 30.3 Å². The molecule has 138 valence electrons. The maximum absolute atomic E-state index is 11.6. The first-order chi connectivity index (χ1) is 12.5. The molecular weight excluding hydrogens is 346 g/mol. The minimum Gasteiger partial charge on any atom is -0.445 e. The quantitative estimate of drug-likeness (QED) is 0.632. The number of amides is 4. The lowest BCUT2D eigenvalue weighted by atomic mass is 10.2. The Hall–Kier alpha value is -3.43. The highest BCUT2D eigenvalue weighted by Crippen LogP contribution is 2.11. The van der Waals surface area contributed by atoms with Gasteiger partial charge in [0.15, 0.2) is 0 Å². The minimum atomic E-state index is -0.978. The van der Waals surface area contributed by atoms with E-state index in [1.165, 1.54) is 0 Å². The van der Waals surface area contributed by atoms with E-state index in [1.807, 2.05) is 6.07 Å². The zero-order valence-electron chi connectivity index (χ0n) is 13.7. The molecule has 1 aliphatic heterocycles. The maximum Gasteiger partial charge on any atom is 0.407 e. The van der Waals surface area contributed by atoms with E-state index in [9.17, 15) is 24.0 Å². The molecule has 0 atom stereocenters. The number of nitrogens with one attached hydrogen (secondary N) is 2. The standard InChI is InChI=1S/C16H17N3O7/c20-12(8-18-16(24)25-10-11-4-2-1-3-5-11)17-9-15(23)26-19-13(21)6-7-14(19)22/h1-5H,6-10H2,(H,17,20)(H,18,24). The van der Waals surface area contributed by atoms with Crippen LogP contribution in [0, 0.1) is 0 Å². The monoisotopic (exact) mass is 363 g/mol. The highest BCUT2D eigenvalue weighted by molar-refractivity contribution is 6.01. The molecule has 1 saturated heterocycles. The number of imide groups is 1. The summed E-state index contributed by atoms with van der Waals surface area (Å²) in [7, 11) is 0. The van der Waals surface area contributed by atoms with Gasteiger partial charge in [-0.25, -0.2) is 9.59 Å². The first-order valence-corrected chi connectivity index (χ1v) is 7.73. The molecule has 1 aliphatic rings. The Bertz CT molecular complexity index is 689. The molecule has 1 aromatic rings. The molecule has 1 heterocycles. The summed E-state index contributed by atoms with van der Waals surface area (Å²) in [6.07, 6.45) is -0.833. The van der Waals surface area contributed by atoms with E-state index in [0.717, 1.165) is 5.56 Å². The van der Waals surface area contributed by atoms with E-state index >= 15 is 0 Å². The molecule has 2 rings (SSSR count). The summed E-state index contributed by atoms with van der Waals surface area (Å²) in [5.41, 5.74) is 0.792. The number of alkyl carbamates (subject to hydrolysis) is 1.